The molecule has 0 radical (unpaired) electrons. The van der Waals surface area contributed by atoms with Gasteiger partial charge < -0.3 is 15.2 Å². The summed E-state index contributed by atoms with van der Waals surface area (Å²) in [7, 11) is 0. The number of nitrogens with one attached hydrogen (secondary N) is 1. The number of aromatic hydroxyl groups is 1. The number of esters is 1. The zero-order valence-electron chi connectivity index (χ0n) is 16.1. The van der Waals surface area contributed by atoms with Gasteiger partial charge in [-0.2, -0.15) is 5.11 Å². The number of nitrogens with zero attached hydrogens (tertiary/aromatic N) is 3. The van der Waals surface area contributed by atoms with E-state index in [1.165, 1.54) is 37.4 Å². The van der Waals surface area contributed by atoms with Crippen molar-refractivity contribution in [2.45, 2.75) is 13.0 Å². The van der Waals surface area contributed by atoms with Crippen LogP contribution in [-0.4, -0.2) is 28.1 Å². The number of hydrogen-bond acceptors (Lipinski definition) is 7. The largest absolute Gasteiger partial charge is 0.508 e. The van der Waals surface area contributed by atoms with Crippen LogP contribution in [-0.2, 0) is 9.53 Å². The SMILES string of the molecule is CC(OC(=O)c1ccccc1N=Nc1ccc(O)cc1)C(=O)Nc1ncc(Cl)cc1Cl. The third-order valence-electron chi connectivity index (χ3n) is 3.95. The van der Waals surface area contributed by atoms with E-state index in [2.05, 4.69) is 20.5 Å². The van der Waals surface area contributed by atoms with Crippen molar-refractivity contribution in [1.82, 2.24) is 4.98 Å². The number of hydrogen-bond donors (Lipinski definition) is 2. The van der Waals surface area contributed by atoms with Gasteiger partial charge in [0.2, 0.25) is 0 Å². The number of phenolic OH excluding ortho intramolecular Hbond substituents is 1. The Labute approximate surface area is 187 Å². The van der Waals surface area contributed by atoms with Crippen LogP contribution >= 0.6 is 23.2 Å². The second-order valence-corrected chi connectivity index (χ2v) is 7.10. The molecule has 3 rings (SSSR count). The lowest BCUT2D eigenvalue weighted by Gasteiger charge is -2.14. The zero-order valence-corrected chi connectivity index (χ0v) is 17.6. The Morgan fingerprint density at radius 1 is 1.10 bits per heavy atom. The Hall–Kier alpha value is -3.49. The molecule has 8 nitrogen and oxygen atoms in total. The molecule has 0 aliphatic rings. The lowest BCUT2D eigenvalue weighted by Crippen LogP contribution is -2.30. The van der Waals surface area contributed by atoms with Gasteiger partial charge in [0.1, 0.15) is 11.4 Å². The first-order valence-corrected chi connectivity index (χ1v) is 9.72. The fourth-order valence-corrected chi connectivity index (χ4v) is 2.79. The number of amides is 1. The summed E-state index contributed by atoms with van der Waals surface area (Å²) in [5, 5.41) is 20.4. The van der Waals surface area contributed by atoms with Gasteiger partial charge in [0, 0.05) is 6.20 Å². The molecule has 31 heavy (non-hydrogen) atoms. The van der Waals surface area contributed by atoms with Crippen LogP contribution in [0.15, 0.2) is 71.0 Å². The molecule has 0 aliphatic heterocycles. The minimum atomic E-state index is -1.14. The number of halogens is 2. The number of carbonyl (C=O) groups is 2. The molecule has 10 heteroatoms. The van der Waals surface area contributed by atoms with Gasteiger partial charge in [-0.25, -0.2) is 9.78 Å². The molecule has 158 valence electrons. The number of rotatable bonds is 6. The van der Waals surface area contributed by atoms with Crippen LogP contribution < -0.4 is 5.32 Å². The van der Waals surface area contributed by atoms with Crippen molar-refractivity contribution in [3.05, 3.63) is 76.4 Å². The van der Waals surface area contributed by atoms with Gasteiger partial charge in [-0.3, -0.25) is 4.79 Å². The van der Waals surface area contributed by atoms with Crippen LogP contribution in [0.4, 0.5) is 17.2 Å². The number of aromatic nitrogens is 1. The third kappa shape index (κ3) is 6.00. The number of ether oxygens (including phenoxy) is 1. The van der Waals surface area contributed by atoms with Gasteiger partial charge in [0.25, 0.3) is 5.91 Å². The van der Waals surface area contributed by atoms with Crippen LogP contribution in [0.3, 0.4) is 0 Å². The highest BCUT2D eigenvalue weighted by atomic mass is 35.5. The summed E-state index contributed by atoms with van der Waals surface area (Å²) >= 11 is 11.8. The average molecular weight is 459 g/mol. The summed E-state index contributed by atoms with van der Waals surface area (Å²) in [5.41, 5.74) is 0.879. The maximum atomic E-state index is 12.6. The van der Waals surface area contributed by atoms with Crippen LogP contribution in [0.2, 0.25) is 10.0 Å². The molecule has 1 heterocycles. The van der Waals surface area contributed by atoms with Crippen molar-refractivity contribution in [1.29, 1.82) is 0 Å². The highest BCUT2D eigenvalue weighted by Gasteiger charge is 2.22. The van der Waals surface area contributed by atoms with Gasteiger partial charge >= 0.3 is 5.97 Å². The molecule has 3 aromatic rings. The van der Waals surface area contributed by atoms with E-state index in [0.717, 1.165) is 0 Å². The smallest absolute Gasteiger partial charge is 0.341 e. The Morgan fingerprint density at radius 2 is 1.81 bits per heavy atom. The zero-order chi connectivity index (χ0) is 22.4. The number of benzene rings is 2. The Balaban J connectivity index is 1.69. The molecule has 0 bridgehead atoms. The van der Waals surface area contributed by atoms with E-state index in [-0.39, 0.29) is 27.8 Å². The van der Waals surface area contributed by atoms with Crippen LogP contribution in [0.25, 0.3) is 0 Å². The minimum absolute atomic E-state index is 0.0991. The fraction of sp³-hybridized carbons (Fsp3) is 0.0952. The standard InChI is InChI=1S/C21H16Cl2N4O4/c1-12(20(29)25-19-17(23)10-13(22)11-24-19)31-21(30)16-4-2-3-5-18(16)27-26-14-6-8-15(28)9-7-14/h2-12,28H,1H3,(H,24,25,29). The van der Waals surface area contributed by atoms with Gasteiger partial charge in [-0.1, -0.05) is 35.3 Å². The maximum absolute atomic E-state index is 12.6. The summed E-state index contributed by atoms with van der Waals surface area (Å²) in [6, 6.07) is 13.9. The number of pyridine rings is 1. The van der Waals surface area contributed by atoms with Gasteiger partial charge in [-0.05, 0) is 49.4 Å². The third-order valence-corrected chi connectivity index (χ3v) is 4.44. The number of azo groups is 1. The normalized spacial score (nSPS) is 11.8. The second-order valence-electron chi connectivity index (χ2n) is 6.25. The summed E-state index contributed by atoms with van der Waals surface area (Å²) in [4.78, 5) is 28.9. The second kappa shape index (κ2) is 10.0. The summed E-state index contributed by atoms with van der Waals surface area (Å²) in [6.45, 7) is 1.41. The molecule has 0 saturated carbocycles. The van der Waals surface area contributed by atoms with Crippen molar-refractivity contribution < 1.29 is 19.4 Å². The van der Waals surface area contributed by atoms with E-state index in [1.54, 1.807) is 30.3 Å². The minimum Gasteiger partial charge on any atom is -0.508 e. The summed E-state index contributed by atoms with van der Waals surface area (Å²) < 4.78 is 5.26. The predicted molar refractivity (Wildman–Crippen MR) is 116 cm³/mol. The predicted octanol–water partition coefficient (Wildman–Crippen LogP) is 5.69. The maximum Gasteiger partial charge on any atom is 0.341 e. The molecule has 2 N–H and O–H groups in total. The molecule has 0 aliphatic carbocycles. The molecule has 1 unspecified atom stereocenters. The van der Waals surface area contributed by atoms with Crippen molar-refractivity contribution in [3.63, 3.8) is 0 Å². The first-order valence-electron chi connectivity index (χ1n) is 8.96. The Bertz CT molecular complexity index is 1140. The van der Waals surface area contributed by atoms with Crippen molar-refractivity contribution in [2.75, 3.05) is 5.32 Å². The van der Waals surface area contributed by atoms with E-state index in [9.17, 15) is 14.7 Å². The molecule has 0 saturated heterocycles. The van der Waals surface area contributed by atoms with E-state index >= 15 is 0 Å². The van der Waals surface area contributed by atoms with E-state index < -0.39 is 18.0 Å². The van der Waals surface area contributed by atoms with E-state index in [1.807, 2.05) is 0 Å². The lowest BCUT2D eigenvalue weighted by molar-refractivity contribution is -0.123. The van der Waals surface area contributed by atoms with Crippen LogP contribution in [0.1, 0.15) is 17.3 Å². The molecule has 1 aromatic heterocycles. The summed E-state index contributed by atoms with van der Waals surface area (Å²) in [6.07, 6.45) is 0.192. The lowest BCUT2D eigenvalue weighted by atomic mass is 10.2. The van der Waals surface area contributed by atoms with Crippen molar-refractivity contribution >= 4 is 52.3 Å². The van der Waals surface area contributed by atoms with Crippen molar-refractivity contribution in [2.24, 2.45) is 10.2 Å². The van der Waals surface area contributed by atoms with Gasteiger partial charge in [-0.15, -0.1) is 5.11 Å². The number of phenols is 1. The molecule has 1 atom stereocenters. The number of carbonyl (C=O) groups excluding carboxylic acids is 2. The number of anilines is 1. The summed E-state index contributed by atoms with van der Waals surface area (Å²) in [5.74, 6) is -1.17. The monoisotopic (exact) mass is 458 g/mol. The highest BCUT2D eigenvalue weighted by Crippen LogP contribution is 2.25. The molecule has 0 fully saturated rings. The topological polar surface area (TPSA) is 113 Å². The van der Waals surface area contributed by atoms with Crippen molar-refractivity contribution in [3.8, 4) is 5.75 Å². The molecule has 0 spiro atoms. The molecule has 2 aromatic carbocycles. The molecule has 1 amide bonds. The quantitative estimate of drug-likeness (QED) is 0.363. The fourth-order valence-electron chi connectivity index (χ4n) is 2.37. The molecular weight excluding hydrogens is 443 g/mol. The first-order chi connectivity index (χ1) is 14.8. The first kappa shape index (κ1) is 22.2. The van der Waals surface area contributed by atoms with E-state index in [4.69, 9.17) is 27.9 Å². The highest BCUT2D eigenvalue weighted by molar-refractivity contribution is 6.36. The van der Waals surface area contributed by atoms with Crippen LogP contribution in [0, 0.1) is 0 Å². The van der Waals surface area contributed by atoms with Crippen LogP contribution in [0.5, 0.6) is 5.75 Å². The van der Waals surface area contributed by atoms with Gasteiger partial charge in [0.05, 0.1) is 21.3 Å². The molecular formula is C21H16Cl2N4O4. The van der Waals surface area contributed by atoms with Gasteiger partial charge in [0.15, 0.2) is 11.9 Å². The Morgan fingerprint density at radius 3 is 2.52 bits per heavy atom. The van der Waals surface area contributed by atoms with E-state index in [0.29, 0.717) is 10.7 Å². The Kier molecular flexibility index (Phi) is 7.17. The average Bonchev–Trinajstić information content (AvgIpc) is 2.75.